The largest absolute Gasteiger partial charge is 0.370 e. The maximum Gasteiger partial charge on any atom is 0.250 e. The molecule has 1 spiro atoms. The molecule has 2 aromatic carbocycles. The number of nitrogens with two attached hydrogens (primary N) is 1. The first-order valence-corrected chi connectivity index (χ1v) is 10.8. The first kappa shape index (κ1) is 21.5. The van der Waals surface area contributed by atoms with E-state index in [2.05, 4.69) is 10.6 Å². The number of amides is 4. The third-order valence-corrected chi connectivity index (χ3v) is 6.98. The number of nitrogens with zero attached hydrogens (tertiary/aromatic N) is 1. The molecule has 0 aliphatic carbocycles. The van der Waals surface area contributed by atoms with Gasteiger partial charge in [-0.25, -0.2) is 4.39 Å². The molecule has 2 aromatic rings. The molecular formula is C23H20ClFN4O4. The van der Waals surface area contributed by atoms with Crippen molar-refractivity contribution in [1.29, 1.82) is 0 Å². The van der Waals surface area contributed by atoms with Crippen LogP contribution in [0.15, 0.2) is 36.4 Å². The Hall–Kier alpha value is -3.30. The van der Waals surface area contributed by atoms with Crippen LogP contribution in [-0.4, -0.2) is 34.6 Å². The Labute approximate surface area is 193 Å². The molecule has 4 amide bonds. The van der Waals surface area contributed by atoms with Crippen LogP contribution in [-0.2, 0) is 31.3 Å². The third-order valence-electron chi connectivity index (χ3n) is 6.69. The molecule has 5 rings (SSSR count). The molecule has 0 unspecified atom stereocenters. The Bertz CT molecular complexity index is 1230. The molecule has 0 bridgehead atoms. The van der Waals surface area contributed by atoms with Crippen molar-refractivity contribution in [1.82, 2.24) is 10.2 Å². The molecule has 3 aliphatic heterocycles. The summed E-state index contributed by atoms with van der Waals surface area (Å²) < 4.78 is 13.3. The van der Waals surface area contributed by atoms with Crippen molar-refractivity contribution in [3.8, 4) is 0 Å². The summed E-state index contributed by atoms with van der Waals surface area (Å²) in [6.07, 6.45) is -0.228. The highest BCUT2D eigenvalue weighted by molar-refractivity contribution is 6.35. The van der Waals surface area contributed by atoms with Crippen molar-refractivity contribution in [2.24, 2.45) is 17.6 Å². The zero-order valence-corrected chi connectivity index (χ0v) is 18.3. The minimum Gasteiger partial charge on any atom is -0.370 e. The smallest absolute Gasteiger partial charge is 0.250 e. The maximum absolute atomic E-state index is 13.6. The number of aryl methyl sites for hydroxylation is 1. The summed E-state index contributed by atoms with van der Waals surface area (Å²) in [7, 11) is 0. The molecule has 2 saturated heterocycles. The molecule has 3 heterocycles. The number of carbonyl (C=O) groups is 4. The summed E-state index contributed by atoms with van der Waals surface area (Å²) in [5.41, 5.74) is 6.02. The highest BCUT2D eigenvalue weighted by Gasteiger charge is 2.70. The Morgan fingerprint density at radius 2 is 1.88 bits per heavy atom. The number of nitrogens with one attached hydrogen (secondary N) is 2. The van der Waals surface area contributed by atoms with Crippen LogP contribution >= 0.6 is 11.6 Å². The number of hydrogen-bond acceptors (Lipinski definition) is 5. The van der Waals surface area contributed by atoms with Crippen LogP contribution in [0.4, 0.5) is 10.1 Å². The van der Waals surface area contributed by atoms with Crippen molar-refractivity contribution in [2.45, 2.75) is 31.5 Å². The van der Waals surface area contributed by atoms with Crippen LogP contribution in [0.5, 0.6) is 0 Å². The summed E-state index contributed by atoms with van der Waals surface area (Å²) in [6, 6.07) is 8.07. The van der Waals surface area contributed by atoms with Gasteiger partial charge in [-0.2, -0.15) is 0 Å². The molecule has 2 fully saturated rings. The van der Waals surface area contributed by atoms with E-state index in [1.165, 1.54) is 24.3 Å². The minimum atomic E-state index is -1.57. The number of hydrogen-bond donors (Lipinski definition) is 3. The van der Waals surface area contributed by atoms with Crippen molar-refractivity contribution < 1.29 is 23.6 Å². The lowest BCUT2D eigenvalue weighted by Crippen LogP contribution is -2.53. The Morgan fingerprint density at radius 1 is 1.18 bits per heavy atom. The van der Waals surface area contributed by atoms with Crippen molar-refractivity contribution in [3.63, 3.8) is 0 Å². The van der Waals surface area contributed by atoms with E-state index in [-0.39, 0.29) is 13.0 Å². The van der Waals surface area contributed by atoms with E-state index in [1.807, 2.05) is 0 Å². The molecule has 33 heavy (non-hydrogen) atoms. The van der Waals surface area contributed by atoms with Gasteiger partial charge in [-0.3, -0.25) is 29.4 Å². The third kappa shape index (κ3) is 3.07. The van der Waals surface area contributed by atoms with Gasteiger partial charge in [0.2, 0.25) is 23.6 Å². The van der Waals surface area contributed by atoms with Crippen molar-refractivity contribution >= 4 is 40.9 Å². The van der Waals surface area contributed by atoms with Gasteiger partial charge in [-0.05, 0) is 36.2 Å². The average Bonchev–Trinajstić information content (AvgIpc) is 3.31. The molecule has 10 heteroatoms. The topological polar surface area (TPSA) is 122 Å². The molecule has 4 atom stereocenters. The van der Waals surface area contributed by atoms with Gasteiger partial charge in [0.1, 0.15) is 11.4 Å². The number of halogens is 2. The van der Waals surface area contributed by atoms with Crippen LogP contribution < -0.4 is 16.4 Å². The predicted molar refractivity (Wildman–Crippen MR) is 116 cm³/mol. The van der Waals surface area contributed by atoms with Gasteiger partial charge in [-0.1, -0.05) is 29.8 Å². The summed E-state index contributed by atoms with van der Waals surface area (Å²) in [5, 5.41) is 6.18. The minimum absolute atomic E-state index is 0.0760. The van der Waals surface area contributed by atoms with Gasteiger partial charge in [0.25, 0.3) is 0 Å². The molecule has 3 aliphatic rings. The predicted octanol–water partition coefficient (Wildman–Crippen LogP) is 1.58. The average molecular weight is 471 g/mol. The fourth-order valence-electron chi connectivity index (χ4n) is 5.37. The second-order valence-corrected chi connectivity index (χ2v) is 9.15. The van der Waals surface area contributed by atoms with E-state index in [0.717, 1.165) is 10.5 Å². The maximum atomic E-state index is 13.6. The Balaban J connectivity index is 1.62. The van der Waals surface area contributed by atoms with Crippen molar-refractivity contribution in [2.75, 3.05) is 5.32 Å². The zero-order chi connectivity index (χ0) is 23.7. The van der Waals surface area contributed by atoms with E-state index < -0.39 is 52.9 Å². The number of primary amides is 1. The summed E-state index contributed by atoms with van der Waals surface area (Å²) in [4.78, 5) is 53.3. The molecule has 0 aromatic heterocycles. The molecular weight excluding hydrogens is 451 g/mol. The van der Waals surface area contributed by atoms with Gasteiger partial charge in [0.05, 0.1) is 29.1 Å². The number of likely N-dealkylation sites (tertiary alicyclic amines) is 1. The number of imide groups is 1. The molecule has 170 valence electrons. The van der Waals surface area contributed by atoms with Gasteiger partial charge < -0.3 is 11.1 Å². The molecule has 8 nitrogen and oxygen atoms in total. The summed E-state index contributed by atoms with van der Waals surface area (Å²) in [6.45, 7) is 1.73. The van der Waals surface area contributed by atoms with E-state index in [9.17, 15) is 23.6 Å². The molecule has 4 N–H and O–H groups in total. The van der Waals surface area contributed by atoms with Crippen LogP contribution in [0, 0.1) is 24.6 Å². The first-order chi connectivity index (χ1) is 15.6. The first-order valence-electron chi connectivity index (χ1n) is 10.4. The number of benzene rings is 2. The summed E-state index contributed by atoms with van der Waals surface area (Å²) >= 11 is 6.37. The normalized spacial score (nSPS) is 27.8. The quantitative estimate of drug-likeness (QED) is 0.586. The van der Waals surface area contributed by atoms with Gasteiger partial charge in [-0.15, -0.1) is 0 Å². The van der Waals surface area contributed by atoms with E-state index >= 15 is 0 Å². The van der Waals surface area contributed by atoms with Crippen LogP contribution in [0.25, 0.3) is 0 Å². The van der Waals surface area contributed by atoms with Gasteiger partial charge in [0.15, 0.2) is 0 Å². The van der Waals surface area contributed by atoms with E-state index in [0.29, 0.717) is 21.8 Å². The lowest BCUT2D eigenvalue weighted by atomic mass is 9.76. The van der Waals surface area contributed by atoms with Crippen LogP contribution in [0.2, 0.25) is 5.02 Å². The molecule has 0 saturated carbocycles. The van der Waals surface area contributed by atoms with Gasteiger partial charge in [0, 0.05) is 18.0 Å². The van der Waals surface area contributed by atoms with E-state index in [1.54, 1.807) is 19.1 Å². The monoisotopic (exact) mass is 470 g/mol. The highest BCUT2D eigenvalue weighted by Crippen LogP contribution is 2.54. The lowest BCUT2D eigenvalue weighted by Gasteiger charge is -2.29. The lowest BCUT2D eigenvalue weighted by molar-refractivity contribution is -0.143. The number of fused-ring (bicyclic) bond motifs is 4. The number of rotatable bonds is 4. The van der Waals surface area contributed by atoms with E-state index in [4.69, 9.17) is 17.3 Å². The molecule has 0 radical (unpaired) electrons. The SMILES string of the molecule is Cc1cc(Cl)c2c(c1)[C@]1(N[C@@H](CC(N)=O)[C@H]3C(=O)N(Cc4ccc(F)cc4)C(=O)[C@H]31)C(=O)N2. The fraction of sp³-hybridized carbons (Fsp3) is 0.304. The zero-order valence-electron chi connectivity index (χ0n) is 17.5. The van der Waals surface area contributed by atoms with Crippen molar-refractivity contribution in [3.05, 3.63) is 63.9 Å². The standard InChI is InChI=1S/C23H20ClFN4O4/c1-10-6-13-19(14(24)7-10)27-22(33)23(13)18-17(15(28-23)8-16(26)30)20(31)29(21(18)32)9-11-2-4-12(25)5-3-11/h2-7,15,17-18,28H,8-9H2,1H3,(H2,26,30)(H,27,33)/t15-,17+,18-,23+/m0/s1. The Kier molecular flexibility index (Phi) is 4.80. The van der Waals surface area contributed by atoms with Crippen LogP contribution in [0.1, 0.15) is 23.1 Å². The number of anilines is 1. The fourth-order valence-corrected chi connectivity index (χ4v) is 5.69. The van der Waals surface area contributed by atoms with Crippen LogP contribution in [0.3, 0.4) is 0 Å². The van der Waals surface area contributed by atoms with Gasteiger partial charge >= 0.3 is 0 Å². The Morgan fingerprint density at radius 3 is 2.55 bits per heavy atom. The second kappa shape index (κ2) is 7.36. The summed E-state index contributed by atoms with van der Waals surface area (Å²) in [5.74, 6) is -4.74. The second-order valence-electron chi connectivity index (χ2n) is 8.75. The number of carbonyl (C=O) groups excluding carboxylic acids is 4. The highest BCUT2D eigenvalue weighted by atomic mass is 35.5.